The van der Waals surface area contributed by atoms with Crippen molar-refractivity contribution in [2.75, 3.05) is 13.1 Å². The van der Waals surface area contributed by atoms with Crippen LogP contribution in [-0.4, -0.2) is 52.1 Å². The normalized spacial score (nSPS) is 25.0. The van der Waals surface area contributed by atoms with Crippen molar-refractivity contribution in [3.05, 3.63) is 59.1 Å². The van der Waals surface area contributed by atoms with Crippen molar-refractivity contribution in [2.45, 2.75) is 70.1 Å². The van der Waals surface area contributed by atoms with Crippen molar-refractivity contribution in [1.82, 2.24) is 20.2 Å². The van der Waals surface area contributed by atoms with E-state index in [1.165, 1.54) is 31.0 Å². The lowest BCUT2D eigenvalue weighted by atomic mass is 9.95. The Morgan fingerprint density at radius 2 is 2.00 bits per heavy atom. The highest BCUT2D eigenvalue weighted by molar-refractivity contribution is 5.98. The van der Waals surface area contributed by atoms with Crippen molar-refractivity contribution in [2.24, 2.45) is 5.73 Å². The van der Waals surface area contributed by atoms with Gasteiger partial charge in [0.1, 0.15) is 17.7 Å². The van der Waals surface area contributed by atoms with Crippen LogP contribution in [0.3, 0.4) is 0 Å². The van der Waals surface area contributed by atoms with Crippen molar-refractivity contribution < 1.29 is 13.9 Å². The molecule has 0 bridgehead atoms. The first kappa shape index (κ1) is 22.8. The van der Waals surface area contributed by atoms with Crippen LogP contribution in [0.2, 0.25) is 0 Å². The number of nitrogens with one attached hydrogen (secondary N) is 1. The quantitative estimate of drug-likeness (QED) is 0.677. The minimum Gasteiger partial charge on any atom is -0.489 e. The summed E-state index contributed by atoms with van der Waals surface area (Å²) in [6.45, 7) is 4.85. The van der Waals surface area contributed by atoms with Crippen LogP contribution in [0, 0.1) is 5.82 Å². The Bertz CT molecular complexity index is 1100. The molecule has 180 valence electrons. The van der Waals surface area contributed by atoms with Gasteiger partial charge in [-0.3, -0.25) is 4.79 Å². The van der Waals surface area contributed by atoms with E-state index >= 15 is 0 Å². The minimum absolute atomic E-state index is 0.0785. The molecule has 1 aliphatic carbocycles. The van der Waals surface area contributed by atoms with Gasteiger partial charge in [-0.15, -0.1) is 0 Å². The highest BCUT2D eigenvalue weighted by Gasteiger charge is 2.32. The predicted molar refractivity (Wildman–Crippen MR) is 128 cm³/mol. The molecule has 3 unspecified atom stereocenters. The first-order chi connectivity index (χ1) is 16.4. The lowest BCUT2D eigenvalue weighted by molar-refractivity contribution is 0.0781. The Morgan fingerprint density at radius 3 is 2.71 bits per heavy atom. The van der Waals surface area contributed by atoms with Crippen LogP contribution in [0.15, 0.2) is 36.3 Å². The van der Waals surface area contributed by atoms with Gasteiger partial charge in [-0.2, -0.15) is 0 Å². The van der Waals surface area contributed by atoms with Crippen molar-refractivity contribution in [3.63, 3.8) is 0 Å². The van der Waals surface area contributed by atoms with Gasteiger partial charge in [-0.1, -0.05) is 6.92 Å². The fourth-order valence-corrected chi connectivity index (χ4v) is 4.98. The van der Waals surface area contributed by atoms with E-state index < -0.39 is 5.82 Å². The number of aromatic nitrogens is 2. The third-order valence-corrected chi connectivity index (χ3v) is 7.02. The van der Waals surface area contributed by atoms with Gasteiger partial charge in [0, 0.05) is 41.8 Å². The summed E-state index contributed by atoms with van der Waals surface area (Å²) in [4.78, 5) is 24.1. The molecule has 7 nitrogen and oxygen atoms in total. The second kappa shape index (κ2) is 9.33. The molecule has 5 rings (SSSR count). The Morgan fingerprint density at radius 1 is 1.24 bits per heavy atom. The maximum atomic E-state index is 14.1. The summed E-state index contributed by atoms with van der Waals surface area (Å²) in [5.74, 6) is 0.758. The maximum Gasteiger partial charge on any atom is 0.258 e. The van der Waals surface area contributed by atoms with E-state index in [1.807, 2.05) is 12.4 Å². The molecule has 0 radical (unpaired) electrons. The summed E-state index contributed by atoms with van der Waals surface area (Å²) in [5.41, 5.74) is 9.13. The van der Waals surface area contributed by atoms with Gasteiger partial charge in [-0.25, -0.2) is 14.4 Å². The molecule has 1 aromatic heterocycles. The number of halogens is 1. The number of hydrogen-bond acceptors (Lipinski definition) is 6. The molecule has 1 aromatic carbocycles. The molecule has 2 fully saturated rings. The number of hydrogen-bond donors (Lipinski definition) is 2. The second-order valence-corrected chi connectivity index (χ2v) is 9.80. The van der Waals surface area contributed by atoms with Crippen LogP contribution < -0.4 is 15.8 Å². The molecular formula is C26H32FN5O2. The number of carbonyl (C=O) groups is 1. The zero-order valence-electron chi connectivity index (χ0n) is 19.8. The number of nitrogens with two attached hydrogens (primary N) is 1. The average molecular weight is 466 g/mol. The highest BCUT2D eigenvalue weighted by atomic mass is 19.1. The third-order valence-electron chi connectivity index (χ3n) is 7.02. The van der Waals surface area contributed by atoms with Crippen LogP contribution in [0.5, 0.6) is 5.75 Å². The lowest BCUT2D eigenvalue weighted by Gasteiger charge is -2.35. The van der Waals surface area contributed by atoms with Crippen LogP contribution in [0.25, 0.3) is 5.57 Å². The van der Waals surface area contributed by atoms with Gasteiger partial charge in [0.25, 0.3) is 5.91 Å². The number of amides is 1. The Labute approximate surface area is 199 Å². The van der Waals surface area contributed by atoms with Gasteiger partial charge in [0.05, 0.1) is 18.7 Å². The van der Waals surface area contributed by atoms with Gasteiger partial charge in [-0.05, 0) is 62.6 Å². The second-order valence-electron chi connectivity index (χ2n) is 9.80. The van der Waals surface area contributed by atoms with E-state index in [9.17, 15) is 9.18 Å². The van der Waals surface area contributed by atoms with Crippen LogP contribution in [0.1, 0.15) is 73.6 Å². The van der Waals surface area contributed by atoms with Gasteiger partial charge < -0.3 is 20.7 Å². The fourth-order valence-electron chi connectivity index (χ4n) is 4.98. The Balaban J connectivity index is 1.32. The first-order valence-corrected chi connectivity index (χ1v) is 12.2. The number of nitrogens with zero attached hydrogens (tertiary/aromatic N) is 3. The number of rotatable bonds is 6. The number of piperidine rings is 1. The molecule has 1 saturated carbocycles. The minimum atomic E-state index is -0.426. The molecule has 2 aromatic rings. The molecule has 1 amide bonds. The summed E-state index contributed by atoms with van der Waals surface area (Å²) in [6.07, 6.45) is 8.63. The molecule has 34 heavy (non-hydrogen) atoms. The van der Waals surface area contributed by atoms with Crippen molar-refractivity contribution in [1.29, 1.82) is 0 Å². The topological polar surface area (TPSA) is 93.4 Å². The van der Waals surface area contributed by atoms with Crippen molar-refractivity contribution >= 4 is 11.5 Å². The molecular weight excluding hydrogens is 433 g/mol. The first-order valence-electron chi connectivity index (χ1n) is 12.2. The summed E-state index contributed by atoms with van der Waals surface area (Å²) in [7, 11) is 0. The summed E-state index contributed by atoms with van der Waals surface area (Å²) in [5, 5.41) is 3.55. The zero-order valence-corrected chi connectivity index (χ0v) is 19.8. The lowest BCUT2D eigenvalue weighted by Crippen LogP contribution is -2.47. The molecule has 3 aliphatic rings. The van der Waals surface area contributed by atoms with Crippen molar-refractivity contribution in [3.8, 4) is 5.75 Å². The molecule has 2 aliphatic heterocycles. The van der Waals surface area contributed by atoms with E-state index in [0.29, 0.717) is 41.6 Å². The number of benzene rings is 1. The largest absolute Gasteiger partial charge is 0.489 e. The molecule has 0 spiro atoms. The third kappa shape index (κ3) is 4.78. The van der Waals surface area contributed by atoms with E-state index in [-0.39, 0.29) is 24.3 Å². The van der Waals surface area contributed by atoms with Gasteiger partial charge in [0.15, 0.2) is 5.82 Å². The van der Waals surface area contributed by atoms with E-state index in [1.54, 1.807) is 4.90 Å². The Kier molecular flexibility index (Phi) is 6.25. The summed E-state index contributed by atoms with van der Waals surface area (Å²) < 4.78 is 20.4. The monoisotopic (exact) mass is 465 g/mol. The maximum absolute atomic E-state index is 14.1. The smallest absolute Gasteiger partial charge is 0.258 e. The summed E-state index contributed by atoms with van der Waals surface area (Å²) >= 11 is 0. The molecule has 3 atom stereocenters. The molecule has 1 saturated heterocycles. The number of ether oxygens (including phenoxy) is 1. The standard InChI is InChI=1S/C26H32FN5O2/c1-3-19-10-20(8-15(2)31-19)34-24-9-18(27)6-7-21(24)26(33)32-13-22(23(28)14-32)25-29-11-17(12-30-25)16-4-5-16/h6-7,9,11-12,15-16,19-20,31H,3-5,8,10,13-14,28H2,1-2H3. The van der Waals surface area contributed by atoms with E-state index in [4.69, 9.17) is 10.5 Å². The summed E-state index contributed by atoms with van der Waals surface area (Å²) in [6, 6.07) is 4.76. The SMILES string of the molecule is CCC1CC(Oc2cc(F)ccc2C(=O)N2CC(N)=C(c3ncc(C4CC4)cn3)C2)CC(C)N1. The van der Waals surface area contributed by atoms with Crippen LogP contribution in [-0.2, 0) is 0 Å². The van der Waals surface area contributed by atoms with Gasteiger partial charge in [0.2, 0.25) is 0 Å². The zero-order chi connectivity index (χ0) is 23.8. The number of carbonyl (C=O) groups excluding carboxylic acids is 1. The Hall–Kier alpha value is -3.00. The van der Waals surface area contributed by atoms with Gasteiger partial charge >= 0.3 is 0 Å². The molecule has 3 N–H and O–H groups in total. The average Bonchev–Trinajstić information content (AvgIpc) is 3.60. The molecule has 8 heteroatoms. The highest BCUT2D eigenvalue weighted by Crippen LogP contribution is 2.39. The van der Waals surface area contributed by atoms with E-state index in [0.717, 1.165) is 30.4 Å². The molecule has 3 heterocycles. The van der Waals surface area contributed by atoms with Crippen LogP contribution >= 0.6 is 0 Å². The predicted octanol–water partition coefficient (Wildman–Crippen LogP) is 3.62. The van der Waals surface area contributed by atoms with Crippen LogP contribution in [0.4, 0.5) is 4.39 Å². The van der Waals surface area contributed by atoms with E-state index in [2.05, 4.69) is 29.1 Å². The fraction of sp³-hybridized carbons (Fsp3) is 0.500.